The Kier molecular flexibility index (Phi) is 7.15. The van der Waals surface area contributed by atoms with Crippen LogP contribution < -0.4 is 16.4 Å². The number of carbonyl (C=O) groups excluding carboxylic acids is 2. The van der Waals surface area contributed by atoms with E-state index >= 15 is 0 Å². The van der Waals surface area contributed by atoms with Gasteiger partial charge in [0.1, 0.15) is 6.04 Å². The molecule has 122 valence electrons. The minimum atomic E-state index is -0.452. The van der Waals surface area contributed by atoms with Crippen LogP contribution in [0, 0.1) is 11.8 Å². The van der Waals surface area contributed by atoms with E-state index in [1.54, 1.807) is 0 Å². The Labute approximate surface area is 128 Å². The lowest BCUT2D eigenvalue weighted by Crippen LogP contribution is -2.53. The fourth-order valence-electron chi connectivity index (χ4n) is 2.69. The van der Waals surface area contributed by atoms with Gasteiger partial charge in [-0.25, -0.2) is 0 Å². The molecule has 21 heavy (non-hydrogen) atoms. The maximum absolute atomic E-state index is 12.4. The first-order chi connectivity index (χ1) is 9.79. The molecule has 0 spiro atoms. The van der Waals surface area contributed by atoms with Crippen LogP contribution in [-0.2, 0) is 9.59 Å². The van der Waals surface area contributed by atoms with Gasteiger partial charge in [0.2, 0.25) is 11.8 Å². The predicted octanol–water partition coefficient (Wildman–Crippen LogP) is 1.56. The molecule has 0 radical (unpaired) electrons. The summed E-state index contributed by atoms with van der Waals surface area (Å²) < 4.78 is 0. The molecule has 0 aliphatic heterocycles. The van der Waals surface area contributed by atoms with E-state index in [9.17, 15) is 9.59 Å². The summed E-state index contributed by atoms with van der Waals surface area (Å²) in [5.41, 5.74) is 5.88. The van der Waals surface area contributed by atoms with Crippen LogP contribution >= 0.6 is 0 Å². The van der Waals surface area contributed by atoms with Gasteiger partial charge in [0.05, 0.1) is 0 Å². The lowest BCUT2D eigenvalue weighted by molar-refractivity contribution is -0.131. The Morgan fingerprint density at radius 2 is 1.67 bits per heavy atom. The highest BCUT2D eigenvalue weighted by molar-refractivity contribution is 5.88. The van der Waals surface area contributed by atoms with Crippen LogP contribution in [0.25, 0.3) is 0 Å². The number of hydrogen-bond acceptors (Lipinski definition) is 3. The second-order valence-electron chi connectivity index (χ2n) is 7.01. The second-order valence-corrected chi connectivity index (χ2v) is 7.01. The number of rotatable bonds is 6. The average molecular weight is 297 g/mol. The maximum Gasteiger partial charge on any atom is 0.243 e. The normalized spacial score (nSPS) is 24.0. The average Bonchev–Trinajstić information content (AvgIpc) is 2.37. The standard InChI is InChI=1S/C16H31N3O2/c1-10(2)9-14(20)19-15(11(3)4)16(21)18-13-7-5-12(17)6-8-13/h10-13,15H,5-9,17H2,1-4H3,(H,18,21)(H,19,20). The Bertz CT molecular complexity index is 347. The molecule has 2 amide bonds. The Morgan fingerprint density at radius 1 is 1.10 bits per heavy atom. The lowest BCUT2D eigenvalue weighted by atomic mass is 9.91. The Balaban J connectivity index is 2.51. The zero-order valence-corrected chi connectivity index (χ0v) is 13.8. The fourth-order valence-corrected chi connectivity index (χ4v) is 2.69. The van der Waals surface area contributed by atoms with Gasteiger partial charge in [-0.3, -0.25) is 9.59 Å². The summed E-state index contributed by atoms with van der Waals surface area (Å²) >= 11 is 0. The molecule has 1 fully saturated rings. The van der Waals surface area contributed by atoms with Crippen LogP contribution in [0.4, 0.5) is 0 Å². The van der Waals surface area contributed by atoms with Crippen LogP contribution in [0.5, 0.6) is 0 Å². The molecule has 5 heteroatoms. The largest absolute Gasteiger partial charge is 0.352 e. The van der Waals surface area contributed by atoms with Crippen LogP contribution in [0.2, 0.25) is 0 Å². The van der Waals surface area contributed by atoms with Crippen LogP contribution in [0.1, 0.15) is 59.8 Å². The number of hydrogen-bond donors (Lipinski definition) is 3. The van der Waals surface area contributed by atoms with E-state index in [2.05, 4.69) is 10.6 Å². The van der Waals surface area contributed by atoms with Gasteiger partial charge in [0.15, 0.2) is 0 Å². The first-order valence-electron chi connectivity index (χ1n) is 8.15. The summed E-state index contributed by atoms with van der Waals surface area (Å²) in [6.07, 6.45) is 4.22. The second kappa shape index (κ2) is 8.37. The lowest BCUT2D eigenvalue weighted by Gasteiger charge is -2.29. The monoisotopic (exact) mass is 297 g/mol. The Morgan fingerprint density at radius 3 is 2.14 bits per heavy atom. The molecule has 0 aromatic rings. The first-order valence-corrected chi connectivity index (χ1v) is 8.15. The summed E-state index contributed by atoms with van der Waals surface area (Å²) in [7, 11) is 0. The van der Waals surface area contributed by atoms with Gasteiger partial charge in [-0.1, -0.05) is 27.7 Å². The van der Waals surface area contributed by atoms with Gasteiger partial charge in [0.25, 0.3) is 0 Å². The molecule has 1 rings (SSSR count). The van der Waals surface area contributed by atoms with Crippen molar-refractivity contribution in [1.29, 1.82) is 0 Å². The number of amides is 2. The zero-order chi connectivity index (χ0) is 16.0. The quantitative estimate of drug-likeness (QED) is 0.695. The van der Waals surface area contributed by atoms with Crippen molar-refractivity contribution in [3.8, 4) is 0 Å². The van der Waals surface area contributed by atoms with E-state index in [0.717, 1.165) is 25.7 Å². The molecule has 0 saturated heterocycles. The molecule has 0 bridgehead atoms. The van der Waals surface area contributed by atoms with E-state index in [0.29, 0.717) is 12.3 Å². The highest BCUT2D eigenvalue weighted by Gasteiger charge is 2.27. The Hall–Kier alpha value is -1.10. The molecule has 1 saturated carbocycles. The number of nitrogens with one attached hydrogen (secondary N) is 2. The topological polar surface area (TPSA) is 84.2 Å². The van der Waals surface area contributed by atoms with Crippen molar-refractivity contribution in [3.63, 3.8) is 0 Å². The van der Waals surface area contributed by atoms with Gasteiger partial charge < -0.3 is 16.4 Å². The van der Waals surface area contributed by atoms with E-state index in [-0.39, 0.29) is 29.8 Å². The smallest absolute Gasteiger partial charge is 0.243 e. The molecular weight excluding hydrogens is 266 g/mol. The molecule has 1 aliphatic carbocycles. The minimum Gasteiger partial charge on any atom is -0.352 e. The molecule has 1 aliphatic rings. The highest BCUT2D eigenvalue weighted by Crippen LogP contribution is 2.17. The molecule has 0 aromatic heterocycles. The van der Waals surface area contributed by atoms with Gasteiger partial charge >= 0.3 is 0 Å². The van der Waals surface area contributed by atoms with Crippen molar-refractivity contribution in [2.75, 3.05) is 0 Å². The van der Waals surface area contributed by atoms with Gasteiger partial charge in [-0.2, -0.15) is 0 Å². The molecule has 1 unspecified atom stereocenters. The third-order valence-corrected chi connectivity index (χ3v) is 3.98. The van der Waals surface area contributed by atoms with Crippen molar-refractivity contribution < 1.29 is 9.59 Å². The van der Waals surface area contributed by atoms with E-state index in [4.69, 9.17) is 5.73 Å². The SMILES string of the molecule is CC(C)CC(=O)NC(C(=O)NC1CCC(N)CC1)C(C)C. The van der Waals surface area contributed by atoms with Crippen LogP contribution in [0.3, 0.4) is 0 Å². The molecule has 4 N–H and O–H groups in total. The summed E-state index contributed by atoms with van der Waals surface area (Å²) in [4.78, 5) is 24.3. The van der Waals surface area contributed by atoms with Crippen LogP contribution in [0.15, 0.2) is 0 Å². The van der Waals surface area contributed by atoms with Crippen molar-refractivity contribution in [1.82, 2.24) is 10.6 Å². The van der Waals surface area contributed by atoms with Crippen molar-refractivity contribution in [2.45, 2.75) is 77.9 Å². The fraction of sp³-hybridized carbons (Fsp3) is 0.875. The first kappa shape index (κ1) is 18.0. The highest BCUT2D eigenvalue weighted by atomic mass is 16.2. The third kappa shape index (κ3) is 6.46. The summed E-state index contributed by atoms with van der Waals surface area (Å²) in [6, 6.07) is 0.0113. The molecule has 0 aromatic carbocycles. The maximum atomic E-state index is 12.4. The van der Waals surface area contributed by atoms with Crippen molar-refractivity contribution >= 4 is 11.8 Å². The summed E-state index contributed by atoms with van der Waals surface area (Å²) in [6.45, 7) is 7.90. The summed E-state index contributed by atoms with van der Waals surface area (Å²) in [5, 5.41) is 5.94. The molecule has 1 atom stereocenters. The third-order valence-electron chi connectivity index (χ3n) is 3.98. The van der Waals surface area contributed by atoms with E-state index < -0.39 is 6.04 Å². The minimum absolute atomic E-state index is 0.0514. The van der Waals surface area contributed by atoms with E-state index in [1.807, 2.05) is 27.7 Å². The van der Waals surface area contributed by atoms with Gasteiger partial charge in [-0.15, -0.1) is 0 Å². The summed E-state index contributed by atoms with van der Waals surface area (Å²) in [5.74, 6) is 0.250. The zero-order valence-electron chi connectivity index (χ0n) is 13.8. The molecule has 5 nitrogen and oxygen atoms in total. The number of carbonyl (C=O) groups is 2. The van der Waals surface area contributed by atoms with E-state index in [1.165, 1.54) is 0 Å². The number of nitrogens with two attached hydrogens (primary N) is 1. The molecular formula is C16H31N3O2. The van der Waals surface area contributed by atoms with Crippen molar-refractivity contribution in [2.24, 2.45) is 17.6 Å². The van der Waals surface area contributed by atoms with Gasteiger partial charge in [-0.05, 0) is 37.5 Å². The predicted molar refractivity (Wildman–Crippen MR) is 84.6 cm³/mol. The molecule has 0 heterocycles. The van der Waals surface area contributed by atoms with Gasteiger partial charge in [0, 0.05) is 18.5 Å². The van der Waals surface area contributed by atoms with Crippen molar-refractivity contribution in [3.05, 3.63) is 0 Å². The van der Waals surface area contributed by atoms with Crippen LogP contribution in [-0.4, -0.2) is 29.9 Å².